The summed E-state index contributed by atoms with van der Waals surface area (Å²) in [7, 11) is 0. The van der Waals surface area contributed by atoms with Crippen molar-refractivity contribution in [1.82, 2.24) is 0 Å². The highest BCUT2D eigenvalue weighted by atomic mass is 32.2. The number of thioether (sulfide) groups is 1. The van der Waals surface area contributed by atoms with Crippen molar-refractivity contribution in [2.45, 2.75) is 13.3 Å². The fourth-order valence-corrected chi connectivity index (χ4v) is 1.86. The third-order valence-electron chi connectivity index (χ3n) is 1.97. The second-order valence-corrected chi connectivity index (χ2v) is 3.88. The van der Waals surface area contributed by atoms with Crippen LogP contribution in [0, 0.1) is 5.82 Å². The monoisotopic (exact) mass is 226 g/mol. The molecular formula is C11H11FO2S. The smallest absolute Gasteiger partial charge is 0.220 e. The number of hydrogen-bond donors (Lipinski definition) is 0. The van der Waals surface area contributed by atoms with Gasteiger partial charge in [-0.15, -0.1) is 0 Å². The van der Waals surface area contributed by atoms with Crippen LogP contribution in [0.2, 0.25) is 0 Å². The molecule has 0 bridgehead atoms. The number of hydrogen-bond acceptors (Lipinski definition) is 3. The number of carbonyl (C=O) groups is 2. The minimum Gasteiger partial charge on any atom is -0.302 e. The molecule has 0 unspecified atom stereocenters. The highest BCUT2D eigenvalue weighted by molar-refractivity contribution is 8.14. The van der Waals surface area contributed by atoms with Crippen LogP contribution in [0.1, 0.15) is 22.8 Å². The van der Waals surface area contributed by atoms with Crippen molar-refractivity contribution in [3.63, 3.8) is 0 Å². The Balaban J connectivity index is 2.97. The molecule has 1 aromatic carbocycles. The van der Waals surface area contributed by atoms with Crippen molar-refractivity contribution in [2.24, 2.45) is 0 Å². The van der Waals surface area contributed by atoms with E-state index in [0.29, 0.717) is 23.8 Å². The van der Waals surface area contributed by atoms with Crippen LogP contribution in [-0.4, -0.2) is 17.2 Å². The Morgan fingerprint density at radius 1 is 1.53 bits per heavy atom. The first-order valence-corrected chi connectivity index (χ1v) is 5.57. The molecule has 0 atom stereocenters. The second-order valence-electron chi connectivity index (χ2n) is 2.88. The summed E-state index contributed by atoms with van der Waals surface area (Å²) in [6.45, 7) is 1.79. The maximum atomic E-state index is 13.3. The zero-order valence-electron chi connectivity index (χ0n) is 8.33. The molecule has 2 nitrogen and oxygen atoms in total. The summed E-state index contributed by atoms with van der Waals surface area (Å²) >= 11 is 0.894. The lowest BCUT2D eigenvalue weighted by atomic mass is 10.1. The Labute approximate surface area is 91.9 Å². The molecule has 0 aromatic heterocycles. The topological polar surface area (TPSA) is 34.1 Å². The van der Waals surface area contributed by atoms with E-state index in [1.807, 2.05) is 0 Å². The van der Waals surface area contributed by atoms with Gasteiger partial charge in [0.25, 0.3) is 0 Å². The molecule has 1 rings (SSSR count). The SMILES string of the molecule is CCc1c(F)cccc1C(=O)SCC=O. The first-order chi connectivity index (χ1) is 7.20. The Kier molecular flexibility index (Phi) is 4.49. The van der Waals surface area contributed by atoms with E-state index in [1.54, 1.807) is 13.0 Å². The Bertz CT molecular complexity index is 377. The van der Waals surface area contributed by atoms with Gasteiger partial charge in [0.2, 0.25) is 5.12 Å². The Hall–Kier alpha value is -1.16. The van der Waals surface area contributed by atoms with Crippen LogP contribution < -0.4 is 0 Å². The number of carbonyl (C=O) groups excluding carboxylic acids is 2. The normalized spacial score (nSPS) is 10.0. The molecule has 0 amide bonds. The van der Waals surface area contributed by atoms with Crippen molar-refractivity contribution in [3.8, 4) is 0 Å². The Morgan fingerprint density at radius 2 is 2.27 bits per heavy atom. The van der Waals surface area contributed by atoms with Gasteiger partial charge in [-0.05, 0) is 18.1 Å². The molecule has 0 heterocycles. The van der Waals surface area contributed by atoms with E-state index in [-0.39, 0.29) is 16.7 Å². The van der Waals surface area contributed by atoms with Gasteiger partial charge in [0.1, 0.15) is 12.1 Å². The molecule has 0 aliphatic carbocycles. The molecule has 0 aliphatic heterocycles. The molecular weight excluding hydrogens is 215 g/mol. The van der Waals surface area contributed by atoms with Gasteiger partial charge in [-0.3, -0.25) is 4.79 Å². The maximum Gasteiger partial charge on any atom is 0.220 e. The standard InChI is InChI=1S/C11H11FO2S/c1-2-8-9(4-3-5-10(8)12)11(14)15-7-6-13/h3-6H,2,7H2,1H3. The van der Waals surface area contributed by atoms with Crippen molar-refractivity contribution in [2.75, 3.05) is 5.75 Å². The lowest BCUT2D eigenvalue weighted by molar-refractivity contribution is -0.105. The molecule has 4 heteroatoms. The van der Waals surface area contributed by atoms with Crippen molar-refractivity contribution >= 4 is 23.2 Å². The molecule has 0 saturated carbocycles. The average Bonchev–Trinajstić information content (AvgIpc) is 2.25. The van der Waals surface area contributed by atoms with E-state index in [0.717, 1.165) is 11.8 Å². The summed E-state index contributed by atoms with van der Waals surface area (Å²) < 4.78 is 13.3. The lowest BCUT2D eigenvalue weighted by Crippen LogP contribution is -2.03. The van der Waals surface area contributed by atoms with E-state index in [1.165, 1.54) is 12.1 Å². The first kappa shape index (κ1) is 11.9. The van der Waals surface area contributed by atoms with Crippen molar-refractivity contribution in [3.05, 3.63) is 35.1 Å². The van der Waals surface area contributed by atoms with Crippen molar-refractivity contribution in [1.29, 1.82) is 0 Å². The Morgan fingerprint density at radius 3 is 2.87 bits per heavy atom. The molecule has 0 radical (unpaired) electrons. The number of halogens is 1. The predicted molar refractivity (Wildman–Crippen MR) is 58.6 cm³/mol. The quantitative estimate of drug-likeness (QED) is 0.739. The number of aldehydes is 1. The second kappa shape index (κ2) is 5.66. The summed E-state index contributed by atoms with van der Waals surface area (Å²) in [5, 5.41) is -0.251. The first-order valence-electron chi connectivity index (χ1n) is 4.58. The summed E-state index contributed by atoms with van der Waals surface area (Å²) in [5.74, 6) is -0.256. The zero-order valence-corrected chi connectivity index (χ0v) is 9.14. The minimum absolute atomic E-state index is 0.110. The van der Waals surface area contributed by atoms with Gasteiger partial charge < -0.3 is 4.79 Å². The molecule has 0 spiro atoms. The molecule has 80 valence electrons. The number of rotatable bonds is 4. The van der Waals surface area contributed by atoms with Gasteiger partial charge in [0.05, 0.1) is 5.75 Å². The van der Waals surface area contributed by atoms with Crippen LogP contribution in [-0.2, 0) is 11.2 Å². The highest BCUT2D eigenvalue weighted by Gasteiger charge is 2.13. The summed E-state index contributed by atoms with van der Waals surface area (Å²) in [6, 6.07) is 4.42. The molecule has 0 fully saturated rings. The summed E-state index contributed by atoms with van der Waals surface area (Å²) in [4.78, 5) is 21.7. The summed E-state index contributed by atoms with van der Waals surface area (Å²) in [5.41, 5.74) is 0.783. The zero-order chi connectivity index (χ0) is 11.3. The van der Waals surface area contributed by atoms with Crippen LogP contribution in [0.25, 0.3) is 0 Å². The van der Waals surface area contributed by atoms with Gasteiger partial charge in [-0.25, -0.2) is 4.39 Å². The maximum absolute atomic E-state index is 13.3. The van der Waals surface area contributed by atoms with E-state index in [9.17, 15) is 14.0 Å². The minimum atomic E-state index is -0.366. The van der Waals surface area contributed by atoms with E-state index < -0.39 is 0 Å². The van der Waals surface area contributed by atoms with E-state index in [4.69, 9.17) is 0 Å². The fourth-order valence-electron chi connectivity index (χ4n) is 1.30. The molecule has 15 heavy (non-hydrogen) atoms. The van der Waals surface area contributed by atoms with Crippen LogP contribution in [0.5, 0.6) is 0 Å². The van der Waals surface area contributed by atoms with Crippen LogP contribution in [0.15, 0.2) is 18.2 Å². The third-order valence-corrected chi connectivity index (χ3v) is 2.76. The van der Waals surface area contributed by atoms with E-state index >= 15 is 0 Å². The number of benzene rings is 1. The van der Waals surface area contributed by atoms with Crippen LogP contribution >= 0.6 is 11.8 Å². The predicted octanol–water partition coefficient (Wildman–Crippen LogP) is 2.46. The van der Waals surface area contributed by atoms with Gasteiger partial charge in [0.15, 0.2) is 0 Å². The van der Waals surface area contributed by atoms with Gasteiger partial charge in [0, 0.05) is 5.56 Å². The van der Waals surface area contributed by atoms with Crippen LogP contribution in [0.4, 0.5) is 4.39 Å². The third kappa shape index (κ3) is 2.89. The molecule has 0 saturated heterocycles. The highest BCUT2D eigenvalue weighted by Crippen LogP contribution is 2.19. The molecule has 0 aliphatic rings. The molecule has 0 N–H and O–H groups in total. The van der Waals surface area contributed by atoms with Crippen LogP contribution in [0.3, 0.4) is 0 Å². The lowest BCUT2D eigenvalue weighted by Gasteiger charge is -2.06. The fraction of sp³-hybridized carbons (Fsp3) is 0.273. The molecule has 1 aromatic rings. The van der Waals surface area contributed by atoms with Gasteiger partial charge in [-0.1, -0.05) is 30.8 Å². The van der Waals surface area contributed by atoms with Gasteiger partial charge in [-0.2, -0.15) is 0 Å². The van der Waals surface area contributed by atoms with E-state index in [2.05, 4.69) is 0 Å². The largest absolute Gasteiger partial charge is 0.302 e. The summed E-state index contributed by atoms with van der Waals surface area (Å²) in [6.07, 6.45) is 1.13. The van der Waals surface area contributed by atoms with Gasteiger partial charge >= 0.3 is 0 Å². The van der Waals surface area contributed by atoms with Crippen molar-refractivity contribution < 1.29 is 14.0 Å². The average molecular weight is 226 g/mol.